The molecule has 0 bridgehead atoms. The quantitative estimate of drug-likeness (QED) is 0.646. The predicted molar refractivity (Wildman–Crippen MR) is 95.2 cm³/mol. The Bertz CT molecular complexity index is 511. The number of rotatable bonds is 4. The maximum Gasteiger partial charge on any atom is 0.0957 e. The topological polar surface area (TPSA) is 25.2 Å². The summed E-state index contributed by atoms with van der Waals surface area (Å²) in [6.07, 6.45) is 7.36. The van der Waals surface area contributed by atoms with Crippen molar-refractivity contribution in [2.45, 2.75) is 53.9 Å². The Morgan fingerprint density at radius 1 is 1.43 bits per heavy atom. The van der Waals surface area contributed by atoms with E-state index >= 15 is 0 Å². The normalized spacial score (nSPS) is 21.6. The molecule has 1 aliphatic rings. The third-order valence-electron chi connectivity index (χ3n) is 3.65. The number of aromatic nitrogens is 1. The van der Waals surface area contributed by atoms with Gasteiger partial charge in [-0.25, -0.2) is 4.98 Å². The van der Waals surface area contributed by atoms with Gasteiger partial charge in [0.1, 0.15) is 0 Å². The third kappa shape index (κ3) is 4.92. The maximum atomic E-state index is 4.85. The number of hydrogen-bond acceptors (Lipinski definition) is 3. The van der Waals surface area contributed by atoms with E-state index in [9.17, 15) is 0 Å². The van der Waals surface area contributed by atoms with Crippen LogP contribution in [0.15, 0.2) is 34.8 Å². The Labute approximate surface area is 133 Å². The fourth-order valence-electron chi connectivity index (χ4n) is 2.47. The highest BCUT2D eigenvalue weighted by atomic mass is 32.1. The fraction of sp³-hybridized carbons (Fsp3) is 0.556. The van der Waals surface area contributed by atoms with Gasteiger partial charge in [0.15, 0.2) is 0 Å². The average Bonchev–Trinajstić information content (AvgIpc) is 2.86. The zero-order valence-electron chi connectivity index (χ0n) is 14.0. The lowest BCUT2D eigenvalue weighted by Gasteiger charge is -2.17. The Morgan fingerprint density at radius 3 is 2.67 bits per heavy atom. The molecule has 2 atom stereocenters. The third-order valence-corrected chi connectivity index (χ3v) is 4.42. The first kappa shape index (κ1) is 17.8. The molecule has 0 saturated carbocycles. The van der Waals surface area contributed by atoms with Gasteiger partial charge < -0.3 is 0 Å². The summed E-state index contributed by atoms with van der Waals surface area (Å²) in [4.78, 5) is 9.44. The molecule has 0 amide bonds. The number of hydrogen-bond donors (Lipinski definition) is 0. The van der Waals surface area contributed by atoms with E-state index in [1.807, 2.05) is 26.8 Å². The summed E-state index contributed by atoms with van der Waals surface area (Å²) >= 11 is 1.70. The Hall–Kier alpha value is -1.22. The molecule has 0 aromatic carbocycles. The molecule has 2 unspecified atom stereocenters. The molecule has 0 aliphatic carbocycles. The van der Waals surface area contributed by atoms with Crippen LogP contribution in [-0.4, -0.2) is 10.7 Å². The number of thiazole rings is 1. The summed E-state index contributed by atoms with van der Waals surface area (Å²) in [6.45, 7) is 14.4. The van der Waals surface area contributed by atoms with Gasteiger partial charge in [-0.1, -0.05) is 39.8 Å². The Morgan fingerprint density at radius 2 is 2.14 bits per heavy atom. The van der Waals surface area contributed by atoms with Gasteiger partial charge in [0.2, 0.25) is 0 Å². The molecule has 116 valence electrons. The molecule has 1 aromatic rings. The molecular formula is C18H28N2S. The van der Waals surface area contributed by atoms with Crippen molar-refractivity contribution in [2.24, 2.45) is 16.8 Å². The van der Waals surface area contributed by atoms with Crippen molar-refractivity contribution < 1.29 is 0 Å². The van der Waals surface area contributed by atoms with Gasteiger partial charge in [-0.05, 0) is 38.0 Å². The van der Waals surface area contributed by atoms with Crippen molar-refractivity contribution >= 4 is 17.0 Å². The van der Waals surface area contributed by atoms with Crippen molar-refractivity contribution in [3.8, 4) is 0 Å². The minimum absolute atomic E-state index is 0.549. The van der Waals surface area contributed by atoms with Crippen LogP contribution in [0.5, 0.6) is 0 Å². The van der Waals surface area contributed by atoms with Crippen LogP contribution >= 0.6 is 11.3 Å². The highest BCUT2D eigenvalue weighted by molar-refractivity contribution is 7.09. The molecule has 3 heteroatoms. The second-order valence-corrected chi connectivity index (χ2v) is 6.25. The van der Waals surface area contributed by atoms with Crippen LogP contribution in [0.4, 0.5) is 0 Å². The van der Waals surface area contributed by atoms with Crippen molar-refractivity contribution in [3.05, 3.63) is 40.5 Å². The molecule has 2 rings (SSSR count). The van der Waals surface area contributed by atoms with Gasteiger partial charge in [0.25, 0.3) is 0 Å². The van der Waals surface area contributed by atoms with Gasteiger partial charge in [0, 0.05) is 11.1 Å². The van der Waals surface area contributed by atoms with Crippen molar-refractivity contribution in [1.29, 1.82) is 0 Å². The highest BCUT2D eigenvalue weighted by Gasteiger charge is 2.22. The summed E-state index contributed by atoms with van der Waals surface area (Å²) in [5.41, 5.74) is 3.40. The van der Waals surface area contributed by atoms with E-state index in [0.717, 1.165) is 35.7 Å². The van der Waals surface area contributed by atoms with Crippen LogP contribution in [0.2, 0.25) is 0 Å². The van der Waals surface area contributed by atoms with E-state index < -0.39 is 0 Å². The molecule has 1 aromatic heterocycles. The van der Waals surface area contributed by atoms with Crippen LogP contribution in [0.25, 0.3) is 0 Å². The van der Waals surface area contributed by atoms with E-state index in [1.54, 1.807) is 11.3 Å². The molecular weight excluding hydrogens is 276 g/mol. The van der Waals surface area contributed by atoms with E-state index in [0.29, 0.717) is 11.8 Å². The monoisotopic (exact) mass is 304 g/mol. The number of aryl methyl sites for hydroxylation is 1. The first-order valence-corrected chi connectivity index (χ1v) is 8.83. The van der Waals surface area contributed by atoms with Gasteiger partial charge in [-0.3, -0.25) is 4.99 Å². The lowest BCUT2D eigenvalue weighted by molar-refractivity contribution is 0.447. The molecule has 2 nitrogen and oxygen atoms in total. The molecule has 21 heavy (non-hydrogen) atoms. The summed E-state index contributed by atoms with van der Waals surface area (Å²) in [6, 6.07) is 0. The molecule has 0 N–H and O–H groups in total. The van der Waals surface area contributed by atoms with Gasteiger partial charge in [-0.15, -0.1) is 17.9 Å². The number of allylic oxidation sites excluding steroid dienone is 3. The lowest BCUT2D eigenvalue weighted by Crippen LogP contribution is -2.13. The second kappa shape index (κ2) is 8.93. The molecule has 2 heterocycles. The zero-order valence-corrected chi connectivity index (χ0v) is 14.8. The van der Waals surface area contributed by atoms with Gasteiger partial charge in [-0.2, -0.15) is 0 Å². The average molecular weight is 305 g/mol. The maximum absolute atomic E-state index is 4.85. The Balaban J connectivity index is 0.00000106. The molecule has 0 radical (unpaired) electrons. The van der Waals surface area contributed by atoms with Gasteiger partial charge >= 0.3 is 0 Å². The molecule has 0 saturated heterocycles. The first-order valence-electron chi connectivity index (χ1n) is 7.95. The molecule has 0 fully saturated rings. The lowest BCUT2D eigenvalue weighted by atomic mass is 9.86. The van der Waals surface area contributed by atoms with Crippen molar-refractivity contribution in [3.63, 3.8) is 0 Å². The van der Waals surface area contributed by atoms with E-state index in [2.05, 4.69) is 36.9 Å². The SMILES string of the molecule is C=CCC1C=C(CC)N=C(c2csc(C)n2)CC1C.CC. The Kier molecular flexibility index (Phi) is 7.58. The van der Waals surface area contributed by atoms with Crippen LogP contribution in [0.1, 0.15) is 57.7 Å². The van der Waals surface area contributed by atoms with Crippen molar-refractivity contribution in [1.82, 2.24) is 4.98 Å². The smallest absolute Gasteiger partial charge is 0.0957 e. The van der Waals surface area contributed by atoms with Crippen molar-refractivity contribution in [2.75, 3.05) is 0 Å². The summed E-state index contributed by atoms with van der Waals surface area (Å²) in [5.74, 6) is 1.14. The zero-order chi connectivity index (χ0) is 15.8. The van der Waals surface area contributed by atoms with Crippen LogP contribution in [0, 0.1) is 18.8 Å². The van der Waals surface area contributed by atoms with E-state index in [4.69, 9.17) is 4.99 Å². The summed E-state index contributed by atoms with van der Waals surface area (Å²) in [5, 5.41) is 3.24. The minimum atomic E-state index is 0.549. The van der Waals surface area contributed by atoms with Gasteiger partial charge in [0.05, 0.1) is 16.4 Å². The highest BCUT2D eigenvalue weighted by Crippen LogP contribution is 2.29. The molecule has 1 aliphatic heterocycles. The summed E-state index contributed by atoms with van der Waals surface area (Å²) < 4.78 is 0. The molecule has 0 spiro atoms. The largest absolute Gasteiger partial charge is 0.256 e. The van der Waals surface area contributed by atoms with Crippen LogP contribution < -0.4 is 0 Å². The predicted octanol–water partition coefficient (Wildman–Crippen LogP) is 5.79. The second-order valence-electron chi connectivity index (χ2n) is 5.19. The summed E-state index contributed by atoms with van der Waals surface area (Å²) in [7, 11) is 0. The van der Waals surface area contributed by atoms with E-state index in [-0.39, 0.29) is 0 Å². The number of nitrogens with zero attached hydrogens (tertiary/aromatic N) is 2. The standard InChI is InChI=1S/C16H22N2S.C2H6/c1-5-7-13-9-14(6-2)18-15(8-11(13)3)16-10-19-12(4)17-16;1-2/h5,9-11,13H,1,6-8H2,2-4H3;1-2H3. The first-order chi connectivity index (χ1) is 10.1. The number of aliphatic imine (C=N–C) groups is 1. The minimum Gasteiger partial charge on any atom is -0.256 e. The fourth-order valence-corrected chi connectivity index (χ4v) is 3.09. The van der Waals surface area contributed by atoms with Crippen LogP contribution in [0.3, 0.4) is 0 Å². The van der Waals surface area contributed by atoms with Crippen LogP contribution in [-0.2, 0) is 0 Å². The van der Waals surface area contributed by atoms with E-state index in [1.165, 1.54) is 5.70 Å².